The first kappa shape index (κ1) is 15.0. The molecule has 0 unspecified atom stereocenters. The molecule has 1 amide bonds. The van der Waals surface area contributed by atoms with Crippen LogP contribution in [0, 0.1) is 12.8 Å². The summed E-state index contributed by atoms with van der Waals surface area (Å²) in [6.45, 7) is 5.19. The van der Waals surface area contributed by atoms with E-state index in [1.165, 1.54) is 37.7 Å². The maximum Gasteiger partial charge on any atom is 0.248 e. The monoisotopic (exact) mass is 274 g/mol. The molecule has 0 heterocycles. The van der Waals surface area contributed by atoms with E-state index in [0.717, 1.165) is 18.0 Å². The van der Waals surface area contributed by atoms with Crippen LogP contribution in [-0.4, -0.2) is 11.9 Å². The first-order valence-corrected chi connectivity index (χ1v) is 7.70. The number of primary amides is 1. The van der Waals surface area contributed by atoms with Crippen LogP contribution in [0.1, 0.15) is 60.5 Å². The normalized spacial score (nSPS) is 17.9. The fourth-order valence-corrected chi connectivity index (χ4v) is 3.12. The van der Waals surface area contributed by atoms with Crippen molar-refractivity contribution in [3.05, 3.63) is 34.9 Å². The van der Waals surface area contributed by atoms with Crippen LogP contribution < -0.4 is 11.1 Å². The molecule has 3 nitrogen and oxygen atoms in total. The van der Waals surface area contributed by atoms with Gasteiger partial charge >= 0.3 is 0 Å². The Morgan fingerprint density at radius 1 is 1.35 bits per heavy atom. The van der Waals surface area contributed by atoms with Gasteiger partial charge in [-0.25, -0.2) is 0 Å². The Labute approximate surface area is 121 Å². The third-order valence-electron chi connectivity index (χ3n) is 4.60. The first-order chi connectivity index (χ1) is 9.58. The van der Waals surface area contributed by atoms with Gasteiger partial charge in [-0.05, 0) is 55.9 Å². The third kappa shape index (κ3) is 3.83. The summed E-state index contributed by atoms with van der Waals surface area (Å²) in [7, 11) is 0. The molecule has 2 rings (SSSR count). The molecule has 20 heavy (non-hydrogen) atoms. The highest BCUT2D eigenvalue weighted by molar-refractivity contribution is 5.93. The highest BCUT2D eigenvalue weighted by Gasteiger charge is 2.19. The van der Waals surface area contributed by atoms with Crippen molar-refractivity contribution in [2.75, 3.05) is 0 Å². The van der Waals surface area contributed by atoms with Gasteiger partial charge in [0.05, 0.1) is 0 Å². The predicted molar refractivity (Wildman–Crippen MR) is 82.6 cm³/mol. The van der Waals surface area contributed by atoms with Crippen molar-refractivity contribution in [2.45, 2.75) is 58.5 Å². The number of amides is 1. The largest absolute Gasteiger partial charge is 0.366 e. The van der Waals surface area contributed by atoms with Gasteiger partial charge in [-0.15, -0.1) is 0 Å². The van der Waals surface area contributed by atoms with E-state index in [1.54, 1.807) is 0 Å². The fourth-order valence-electron chi connectivity index (χ4n) is 3.12. The topological polar surface area (TPSA) is 55.1 Å². The van der Waals surface area contributed by atoms with Crippen molar-refractivity contribution in [3.8, 4) is 0 Å². The Kier molecular flexibility index (Phi) is 5.18. The van der Waals surface area contributed by atoms with E-state index >= 15 is 0 Å². The van der Waals surface area contributed by atoms with E-state index in [1.807, 2.05) is 25.1 Å². The summed E-state index contributed by atoms with van der Waals surface area (Å²) >= 11 is 0. The molecule has 1 aromatic carbocycles. The van der Waals surface area contributed by atoms with Gasteiger partial charge < -0.3 is 11.1 Å². The second-order valence-electron chi connectivity index (χ2n) is 6.07. The van der Waals surface area contributed by atoms with Crippen LogP contribution >= 0.6 is 0 Å². The minimum atomic E-state index is -0.358. The summed E-state index contributed by atoms with van der Waals surface area (Å²) in [4.78, 5) is 11.1. The molecule has 0 spiro atoms. The molecule has 110 valence electrons. The average molecular weight is 274 g/mol. The van der Waals surface area contributed by atoms with Gasteiger partial charge in [0.1, 0.15) is 0 Å². The molecule has 1 aromatic rings. The minimum Gasteiger partial charge on any atom is -0.366 e. The number of hydrogen-bond acceptors (Lipinski definition) is 2. The van der Waals surface area contributed by atoms with Gasteiger partial charge in [0, 0.05) is 18.2 Å². The number of rotatable bonds is 5. The molecular weight excluding hydrogens is 248 g/mol. The smallest absolute Gasteiger partial charge is 0.248 e. The van der Waals surface area contributed by atoms with Gasteiger partial charge in [0.2, 0.25) is 5.91 Å². The van der Waals surface area contributed by atoms with Crippen LogP contribution in [0.4, 0.5) is 0 Å². The lowest BCUT2D eigenvalue weighted by molar-refractivity contribution is 0.1000. The summed E-state index contributed by atoms with van der Waals surface area (Å²) in [6.07, 6.45) is 6.87. The molecule has 1 saturated carbocycles. The van der Waals surface area contributed by atoms with Crippen LogP contribution in [0.25, 0.3) is 0 Å². The van der Waals surface area contributed by atoms with Crippen molar-refractivity contribution in [1.82, 2.24) is 5.32 Å². The molecule has 0 bridgehead atoms. The Hall–Kier alpha value is -1.35. The van der Waals surface area contributed by atoms with Gasteiger partial charge in [-0.2, -0.15) is 0 Å². The molecule has 0 aromatic heterocycles. The zero-order chi connectivity index (χ0) is 14.5. The second kappa shape index (κ2) is 6.89. The molecule has 0 saturated heterocycles. The zero-order valence-electron chi connectivity index (χ0n) is 12.6. The number of nitrogens with one attached hydrogen (secondary N) is 1. The summed E-state index contributed by atoms with van der Waals surface area (Å²) in [5.74, 6) is 0.456. The van der Waals surface area contributed by atoms with E-state index in [-0.39, 0.29) is 5.91 Å². The Bertz CT molecular complexity index is 464. The molecule has 0 radical (unpaired) electrons. The summed E-state index contributed by atoms with van der Waals surface area (Å²) in [5, 5.41) is 3.64. The summed E-state index contributed by atoms with van der Waals surface area (Å²) in [5.41, 5.74) is 8.26. The van der Waals surface area contributed by atoms with Crippen LogP contribution in [-0.2, 0) is 6.54 Å². The van der Waals surface area contributed by atoms with Crippen molar-refractivity contribution in [2.24, 2.45) is 11.7 Å². The lowest BCUT2D eigenvalue weighted by Gasteiger charge is -2.28. The number of aryl methyl sites for hydroxylation is 1. The maximum atomic E-state index is 11.1. The zero-order valence-corrected chi connectivity index (χ0v) is 12.6. The molecule has 1 aliphatic rings. The summed E-state index contributed by atoms with van der Waals surface area (Å²) < 4.78 is 0. The van der Waals surface area contributed by atoms with Crippen molar-refractivity contribution >= 4 is 5.91 Å². The van der Waals surface area contributed by atoms with E-state index in [4.69, 9.17) is 5.73 Å². The van der Waals surface area contributed by atoms with Crippen LogP contribution in [0.3, 0.4) is 0 Å². The second-order valence-corrected chi connectivity index (χ2v) is 6.07. The lowest BCUT2D eigenvalue weighted by Crippen LogP contribution is -2.34. The molecule has 1 atom stereocenters. The molecule has 1 aliphatic carbocycles. The Morgan fingerprint density at radius 2 is 2.05 bits per heavy atom. The number of nitrogens with two attached hydrogens (primary N) is 1. The van der Waals surface area contributed by atoms with Crippen molar-refractivity contribution in [3.63, 3.8) is 0 Å². The Balaban J connectivity index is 1.91. The standard InChI is InChI=1S/C17H26N2O/c1-12-10-15(17(18)20)8-9-16(12)11-19-13(2)14-6-4-3-5-7-14/h8-10,13-14,19H,3-7,11H2,1-2H3,(H2,18,20)/t13-/m0/s1. The van der Waals surface area contributed by atoms with Crippen LogP contribution in [0.15, 0.2) is 18.2 Å². The van der Waals surface area contributed by atoms with Gasteiger partial charge in [-0.1, -0.05) is 25.3 Å². The molecular formula is C17H26N2O. The van der Waals surface area contributed by atoms with E-state index in [0.29, 0.717) is 11.6 Å². The highest BCUT2D eigenvalue weighted by atomic mass is 16.1. The average Bonchev–Trinajstić information content (AvgIpc) is 2.46. The number of carbonyl (C=O) groups is 1. The molecule has 3 N–H and O–H groups in total. The van der Waals surface area contributed by atoms with Crippen molar-refractivity contribution in [1.29, 1.82) is 0 Å². The lowest BCUT2D eigenvalue weighted by atomic mass is 9.84. The molecule has 0 aliphatic heterocycles. The Morgan fingerprint density at radius 3 is 2.65 bits per heavy atom. The number of carbonyl (C=O) groups excluding carboxylic acids is 1. The van der Waals surface area contributed by atoms with E-state index in [9.17, 15) is 4.79 Å². The molecule has 1 fully saturated rings. The fraction of sp³-hybridized carbons (Fsp3) is 0.588. The minimum absolute atomic E-state index is 0.358. The third-order valence-corrected chi connectivity index (χ3v) is 4.60. The highest BCUT2D eigenvalue weighted by Crippen LogP contribution is 2.26. The number of benzene rings is 1. The predicted octanol–water partition coefficient (Wildman–Crippen LogP) is 3.15. The van der Waals surface area contributed by atoms with Crippen LogP contribution in [0.5, 0.6) is 0 Å². The van der Waals surface area contributed by atoms with E-state index in [2.05, 4.69) is 12.2 Å². The van der Waals surface area contributed by atoms with Gasteiger partial charge in [-0.3, -0.25) is 4.79 Å². The summed E-state index contributed by atoms with van der Waals surface area (Å²) in [6, 6.07) is 6.27. The maximum absolute atomic E-state index is 11.1. The quantitative estimate of drug-likeness (QED) is 0.866. The van der Waals surface area contributed by atoms with Gasteiger partial charge in [0.15, 0.2) is 0 Å². The van der Waals surface area contributed by atoms with E-state index < -0.39 is 0 Å². The first-order valence-electron chi connectivity index (χ1n) is 7.70. The number of hydrogen-bond donors (Lipinski definition) is 2. The van der Waals surface area contributed by atoms with Gasteiger partial charge in [0.25, 0.3) is 0 Å². The molecule has 3 heteroatoms. The van der Waals surface area contributed by atoms with Crippen molar-refractivity contribution < 1.29 is 4.79 Å². The van der Waals surface area contributed by atoms with Crippen LogP contribution in [0.2, 0.25) is 0 Å². The SMILES string of the molecule is Cc1cc(C(N)=O)ccc1CN[C@@H](C)C1CCCCC1.